The van der Waals surface area contributed by atoms with Gasteiger partial charge in [-0.25, -0.2) is 0 Å². The first kappa shape index (κ1) is 19.8. The number of likely N-dealkylation sites (tertiary alicyclic amines) is 1. The number of carbonyl (C=O) groups excluding carboxylic acids is 3. The van der Waals surface area contributed by atoms with Crippen LogP contribution < -0.4 is 5.32 Å². The molecule has 1 heterocycles. The van der Waals surface area contributed by atoms with Gasteiger partial charge >= 0.3 is 0 Å². The van der Waals surface area contributed by atoms with Crippen LogP contribution in [0.4, 0.5) is 0 Å². The summed E-state index contributed by atoms with van der Waals surface area (Å²) in [6.45, 7) is 5.09. The SMILES string of the molecule is Cc1ccc(CCCNC(=O)c2ccc(CN3C(=O)CCC3=O)cc2)c(C)c1. The first-order valence-electron chi connectivity index (χ1n) is 9.70. The van der Waals surface area contributed by atoms with Crippen LogP contribution in [-0.4, -0.2) is 29.2 Å². The summed E-state index contributed by atoms with van der Waals surface area (Å²) in [5.74, 6) is -0.369. The number of aryl methyl sites for hydroxylation is 3. The fraction of sp³-hybridized carbons (Fsp3) is 0.348. The number of amides is 3. The van der Waals surface area contributed by atoms with Gasteiger partial charge in [-0.1, -0.05) is 35.9 Å². The van der Waals surface area contributed by atoms with Crippen LogP contribution in [-0.2, 0) is 22.6 Å². The summed E-state index contributed by atoms with van der Waals surface area (Å²) in [5, 5.41) is 2.95. The number of nitrogens with one attached hydrogen (secondary N) is 1. The van der Waals surface area contributed by atoms with Crippen LogP contribution in [0.15, 0.2) is 42.5 Å². The third-order valence-electron chi connectivity index (χ3n) is 5.12. The summed E-state index contributed by atoms with van der Waals surface area (Å²) in [6, 6.07) is 13.5. The van der Waals surface area contributed by atoms with E-state index in [1.54, 1.807) is 24.3 Å². The van der Waals surface area contributed by atoms with Crippen molar-refractivity contribution in [3.63, 3.8) is 0 Å². The van der Waals surface area contributed by atoms with E-state index in [0.717, 1.165) is 18.4 Å². The topological polar surface area (TPSA) is 66.5 Å². The molecule has 28 heavy (non-hydrogen) atoms. The highest BCUT2D eigenvalue weighted by Gasteiger charge is 2.28. The van der Waals surface area contributed by atoms with E-state index >= 15 is 0 Å². The minimum atomic E-state index is -0.129. The second-order valence-corrected chi connectivity index (χ2v) is 7.36. The lowest BCUT2D eigenvalue weighted by Gasteiger charge is -2.14. The maximum atomic E-state index is 12.3. The number of carbonyl (C=O) groups is 3. The molecule has 0 aromatic heterocycles. The minimum Gasteiger partial charge on any atom is -0.352 e. The van der Waals surface area contributed by atoms with Crippen molar-refractivity contribution < 1.29 is 14.4 Å². The van der Waals surface area contributed by atoms with Gasteiger partial charge in [0.25, 0.3) is 5.91 Å². The summed E-state index contributed by atoms with van der Waals surface area (Å²) in [5.41, 5.74) is 5.29. The molecule has 2 aromatic carbocycles. The third-order valence-corrected chi connectivity index (χ3v) is 5.12. The van der Waals surface area contributed by atoms with Gasteiger partial charge in [0.1, 0.15) is 0 Å². The lowest BCUT2D eigenvalue weighted by molar-refractivity contribution is -0.139. The summed E-state index contributed by atoms with van der Waals surface area (Å²) in [6.07, 6.45) is 2.40. The predicted molar refractivity (Wildman–Crippen MR) is 108 cm³/mol. The Balaban J connectivity index is 1.46. The molecule has 0 unspecified atom stereocenters. The number of benzene rings is 2. The van der Waals surface area contributed by atoms with Crippen LogP contribution in [0.5, 0.6) is 0 Å². The Morgan fingerprint density at radius 3 is 2.32 bits per heavy atom. The minimum absolute atomic E-state index is 0.111. The van der Waals surface area contributed by atoms with Gasteiger partial charge in [0.15, 0.2) is 0 Å². The van der Waals surface area contributed by atoms with Gasteiger partial charge in [0.05, 0.1) is 6.54 Å². The maximum Gasteiger partial charge on any atom is 0.251 e. The van der Waals surface area contributed by atoms with E-state index in [2.05, 4.69) is 37.4 Å². The largest absolute Gasteiger partial charge is 0.352 e. The highest BCUT2D eigenvalue weighted by atomic mass is 16.2. The Labute approximate surface area is 165 Å². The Kier molecular flexibility index (Phi) is 6.24. The van der Waals surface area contributed by atoms with E-state index in [1.165, 1.54) is 21.6 Å². The fourth-order valence-corrected chi connectivity index (χ4v) is 3.45. The van der Waals surface area contributed by atoms with Crippen LogP contribution in [0.3, 0.4) is 0 Å². The quantitative estimate of drug-likeness (QED) is 0.594. The monoisotopic (exact) mass is 378 g/mol. The molecule has 3 amide bonds. The predicted octanol–water partition coefficient (Wildman–Crippen LogP) is 3.32. The molecule has 0 atom stereocenters. The molecule has 0 bridgehead atoms. The van der Waals surface area contributed by atoms with Gasteiger partial charge in [0, 0.05) is 24.9 Å². The maximum absolute atomic E-state index is 12.3. The standard InChI is InChI=1S/C23H26N2O3/c1-16-5-8-19(17(2)14-16)4-3-13-24-23(28)20-9-6-18(7-10-20)15-25-21(26)11-12-22(25)27/h5-10,14H,3-4,11-13,15H2,1-2H3,(H,24,28). The average Bonchev–Trinajstić information content (AvgIpc) is 2.99. The van der Waals surface area contributed by atoms with E-state index in [9.17, 15) is 14.4 Å². The van der Waals surface area contributed by atoms with E-state index in [-0.39, 0.29) is 24.3 Å². The molecular formula is C23H26N2O3. The lowest BCUT2D eigenvalue weighted by Crippen LogP contribution is -2.28. The fourth-order valence-electron chi connectivity index (χ4n) is 3.45. The van der Waals surface area contributed by atoms with E-state index < -0.39 is 0 Å². The highest BCUT2D eigenvalue weighted by molar-refractivity contribution is 6.01. The van der Waals surface area contributed by atoms with Crippen molar-refractivity contribution in [1.29, 1.82) is 0 Å². The van der Waals surface area contributed by atoms with Gasteiger partial charge < -0.3 is 5.32 Å². The average molecular weight is 378 g/mol. The molecule has 5 nitrogen and oxygen atoms in total. The van der Waals surface area contributed by atoms with Crippen molar-refractivity contribution in [2.45, 2.75) is 46.1 Å². The zero-order valence-electron chi connectivity index (χ0n) is 16.5. The van der Waals surface area contributed by atoms with Gasteiger partial charge in [0.2, 0.25) is 11.8 Å². The smallest absolute Gasteiger partial charge is 0.251 e. The molecule has 1 saturated heterocycles. The molecule has 0 spiro atoms. The van der Waals surface area contributed by atoms with Crippen molar-refractivity contribution in [3.05, 3.63) is 70.3 Å². The molecule has 1 N–H and O–H groups in total. The third kappa shape index (κ3) is 4.85. The molecular weight excluding hydrogens is 352 g/mol. The van der Waals surface area contributed by atoms with Crippen molar-refractivity contribution in [2.75, 3.05) is 6.54 Å². The number of hydrogen-bond acceptors (Lipinski definition) is 3. The molecule has 1 aliphatic rings. The summed E-state index contributed by atoms with van der Waals surface area (Å²) in [7, 11) is 0. The van der Waals surface area contributed by atoms with Gasteiger partial charge in [-0.2, -0.15) is 0 Å². The molecule has 2 aromatic rings. The lowest BCUT2D eigenvalue weighted by atomic mass is 10.0. The van der Waals surface area contributed by atoms with E-state index in [0.29, 0.717) is 24.9 Å². The molecule has 5 heteroatoms. The normalized spacial score (nSPS) is 13.9. The zero-order valence-corrected chi connectivity index (χ0v) is 16.5. The van der Waals surface area contributed by atoms with Crippen molar-refractivity contribution >= 4 is 17.7 Å². The van der Waals surface area contributed by atoms with Crippen molar-refractivity contribution in [3.8, 4) is 0 Å². The van der Waals surface area contributed by atoms with E-state index in [1.807, 2.05) is 0 Å². The number of rotatable bonds is 7. The molecule has 146 valence electrons. The summed E-state index contributed by atoms with van der Waals surface area (Å²) in [4.78, 5) is 37.0. The van der Waals surface area contributed by atoms with Crippen LogP contribution in [0.1, 0.15) is 51.9 Å². The molecule has 1 aliphatic heterocycles. The van der Waals surface area contributed by atoms with Gasteiger partial charge in [-0.15, -0.1) is 0 Å². The van der Waals surface area contributed by atoms with Crippen molar-refractivity contribution in [1.82, 2.24) is 10.2 Å². The molecule has 3 rings (SSSR count). The van der Waals surface area contributed by atoms with Crippen LogP contribution >= 0.6 is 0 Å². The zero-order chi connectivity index (χ0) is 20.1. The number of hydrogen-bond donors (Lipinski definition) is 1. The molecule has 1 fully saturated rings. The number of nitrogens with zero attached hydrogens (tertiary/aromatic N) is 1. The van der Waals surface area contributed by atoms with Crippen LogP contribution in [0, 0.1) is 13.8 Å². The van der Waals surface area contributed by atoms with Crippen LogP contribution in [0.2, 0.25) is 0 Å². The highest BCUT2D eigenvalue weighted by Crippen LogP contribution is 2.16. The number of imide groups is 1. The Bertz CT molecular complexity index is 871. The van der Waals surface area contributed by atoms with E-state index in [4.69, 9.17) is 0 Å². The second kappa shape index (κ2) is 8.83. The Hall–Kier alpha value is -2.95. The molecule has 0 saturated carbocycles. The van der Waals surface area contributed by atoms with Crippen LogP contribution in [0.25, 0.3) is 0 Å². The van der Waals surface area contributed by atoms with Crippen molar-refractivity contribution in [2.24, 2.45) is 0 Å². The first-order valence-corrected chi connectivity index (χ1v) is 9.70. The van der Waals surface area contributed by atoms with Gasteiger partial charge in [-0.05, 0) is 55.5 Å². The first-order chi connectivity index (χ1) is 13.4. The second-order valence-electron chi connectivity index (χ2n) is 7.36. The molecule has 0 aliphatic carbocycles. The summed E-state index contributed by atoms with van der Waals surface area (Å²) < 4.78 is 0. The Morgan fingerprint density at radius 2 is 1.68 bits per heavy atom. The Morgan fingerprint density at radius 1 is 1.00 bits per heavy atom. The molecule has 0 radical (unpaired) electrons. The summed E-state index contributed by atoms with van der Waals surface area (Å²) >= 11 is 0. The van der Waals surface area contributed by atoms with Gasteiger partial charge in [-0.3, -0.25) is 19.3 Å².